The van der Waals surface area contributed by atoms with Gasteiger partial charge in [-0.2, -0.15) is 0 Å². The van der Waals surface area contributed by atoms with Gasteiger partial charge in [0.25, 0.3) is 11.8 Å². The number of hydrogen-bond acceptors (Lipinski definition) is 4. The van der Waals surface area contributed by atoms with Crippen LogP contribution in [0.3, 0.4) is 0 Å². The molecule has 0 spiro atoms. The zero-order chi connectivity index (χ0) is 18.8. The highest BCUT2D eigenvalue weighted by atomic mass is 32.1. The third-order valence-corrected chi connectivity index (χ3v) is 4.69. The molecule has 0 fully saturated rings. The molecule has 2 N–H and O–H groups in total. The summed E-state index contributed by atoms with van der Waals surface area (Å²) in [5, 5.41) is 6.67. The standard InChI is InChI=1S/C19H25N3O2S/c1-18(2,3)17-20-11-14(25-17)16(24)21-13-9-7-12(8-10-13)15(23)22-19(4,5)6/h7-11H,1-6H3,(H,21,24)(H,22,23). The van der Waals surface area contributed by atoms with Crippen molar-refractivity contribution < 1.29 is 9.59 Å². The van der Waals surface area contributed by atoms with Gasteiger partial charge in [-0.15, -0.1) is 11.3 Å². The summed E-state index contributed by atoms with van der Waals surface area (Å²) in [6.45, 7) is 12.0. The molecule has 6 heteroatoms. The number of thiazole rings is 1. The first-order valence-electron chi connectivity index (χ1n) is 8.16. The van der Waals surface area contributed by atoms with Crippen LogP contribution in [-0.2, 0) is 5.41 Å². The molecule has 2 amide bonds. The Morgan fingerprint density at radius 2 is 1.56 bits per heavy atom. The Kier molecular flexibility index (Phi) is 5.32. The lowest BCUT2D eigenvalue weighted by Crippen LogP contribution is -2.40. The predicted octanol–water partition coefficient (Wildman–Crippen LogP) is 4.22. The zero-order valence-electron chi connectivity index (χ0n) is 15.6. The molecule has 0 atom stereocenters. The molecule has 1 aromatic heterocycles. The highest BCUT2D eigenvalue weighted by molar-refractivity contribution is 7.13. The third-order valence-electron chi connectivity index (χ3n) is 3.26. The summed E-state index contributed by atoms with van der Waals surface area (Å²) in [7, 11) is 0. The number of carbonyl (C=O) groups is 2. The molecule has 25 heavy (non-hydrogen) atoms. The number of carbonyl (C=O) groups excluding carboxylic acids is 2. The number of nitrogens with one attached hydrogen (secondary N) is 2. The second-order valence-corrected chi connectivity index (χ2v) is 9.05. The van der Waals surface area contributed by atoms with Gasteiger partial charge in [-0.3, -0.25) is 9.59 Å². The molecule has 1 heterocycles. The van der Waals surface area contributed by atoms with Crippen LogP contribution in [0.1, 0.15) is 66.6 Å². The minimum atomic E-state index is -0.291. The van der Waals surface area contributed by atoms with Gasteiger partial charge in [0, 0.05) is 22.2 Å². The lowest BCUT2D eigenvalue weighted by atomic mass is 9.98. The van der Waals surface area contributed by atoms with E-state index < -0.39 is 0 Å². The quantitative estimate of drug-likeness (QED) is 0.862. The molecule has 0 saturated carbocycles. The highest BCUT2D eigenvalue weighted by Crippen LogP contribution is 2.27. The number of anilines is 1. The van der Waals surface area contributed by atoms with E-state index >= 15 is 0 Å². The zero-order valence-corrected chi connectivity index (χ0v) is 16.4. The lowest BCUT2D eigenvalue weighted by molar-refractivity contribution is 0.0919. The van der Waals surface area contributed by atoms with Gasteiger partial charge in [0.2, 0.25) is 0 Å². The number of hydrogen-bond donors (Lipinski definition) is 2. The molecule has 0 unspecified atom stereocenters. The van der Waals surface area contributed by atoms with E-state index in [2.05, 4.69) is 36.4 Å². The van der Waals surface area contributed by atoms with Gasteiger partial charge in [-0.25, -0.2) is 4.98 Å². The van der Waals surface area contributed by atoms with Gasteiger partial charge in [0.1, 0.15) is 4.88 Å². The fourth-order valence-electron chi connectivity index (χ4n) is 2.04. The summed E-state index contributed by atoms with van der Waals surface area (Å²) < 4.78 is 0. The number of nitrogens with zero attached hydrogens (tertiary/aromatic N) is 1. The lowest BCUT2D eigenvalue weighted by Gasteiger charge is -2.20. The van der Waals surface area contributed by atoms with Crippen molar-refractivity contribution in [3.05, 3.63) is 45.9 Å². The highest BCUT2D eigenvalue weighted by Gasteiger charge is 2.20. The average molecular weight is 359 g/mol. The van der Waals surface area contributed by atoms with E-state index in [0.29, 0.717) is 16.1 Å². The number of aromatic nitrogens is 1. The van der Waals surface area contributed by atoms with Gasteiger partial charge in [-0.1, -0.05) is 20.8 Å². The molecule has 0 aliphatic rings. The molecule has 0 saturated heterocycles. The van der Waals surface area contributed by atoms with E-state index in [9.17, 15) is 9.59 Å². The number of benzene rings is 1. The van der Waals surface area contributed by atoms with Crippen LogP contribution >= 0.6 is 11.3 Å². The van der Waals surface area contributed by atoms with Crippen molar-refractivity contribution in [2.45, 2.75) is 52.5 Å². The Labute approximate surface area is 152 Å². The van der Waals surface area contributed by atoms with E-state index in [1.807, 2.05) is 20.8 Å². The maximum atomic E-state index is 12.3. The molecule has 0 aliphatic carbocycles. The molecular weight excluding hydrogens is 334 g/mol. The van der Waals surface area contributed by atoms with Gasteiger partial charge in [0.05, 0.1) is 11.2 Å². The van der Waals surface area contributed by atoms with E-state index in [1.165, 1.54) is 11.3 Å². The Bertz CT molecular complexity index is 765. The predicted molar refractivity (Wildman–Crippen MR) is 102 cm³/mol. The molecule has 2 rings (SSSR count). The number of rotatable bonds is 3. The van der Waals surface area contributed by atoms with Gasteiger partial charge in [0.15, 0.2) is 0 Å². The summed E-state index contributed by atoms with van der Waals surface area (Å²) >= 11 is 1.39. The van der Waals surface area contributed by atoms with E-state index in [0.717, 1.165) is 5.01 Å². The van der Waals surface area contributed by atoms with Crippen molar-refractivity contribution >= 4 is 28.8 Å². The molecule has 0 aliphatic heterocycles. The first-order chi connectivity index (χ1) is 11.5. The normalized spacial score (nSPS) is 11.9. The maximum absolute atomic E-state index is 12.3. The second-order valence-electron chi connectivity index (χ2n) is 8.02. The summed E-state index contributed by atoms with van der Waals surface area (Å²) in [6, 6.07) is 6.84. The summed E-state index contributed by atoms with van der Waals surface area (Å²) in [6.07, 6.45) is 1.60. The van der Waals surface area contributed by atoms with Crippen LogP contribution in [-0.4, -0.2) is 22.3 Å². The van der Waals surface area contributed by atoms with Crippen molar-refractivity contribution in [2.24, 2.45) is 0 Å². The van der Waals surface area contributed by atoms with Crippen LogP contribution in [0, 0.1) is 0 Å². The van der Waals surface area contributed by atoms with Crippen molar-refractivity contribution in [1.29, 1.82) is 0 Å². The monoisotopic (exact) mass is 359 g/mol. The fourth-order valence-corrected chi connectivity index (χ4v) is 2.91. The average Bonchev–Trinajstić information content (AvgIpc) is 2.96. The molecule has 2 aromatic rings. The van der Waals surface area contributed by atoms with Crippen LogP contribution in [0.15, 0.2) is 30.5 Å². The SMILES string of the molecule is CC(C)(C)NC(=O)c1ccc(NC(=O)c2cnc(C(C)(C)C)s2)cc1. The van der Waals surface area contributed by atoms with Crippen LogP contribution in [0.25, 0.3) is 0 Å². The minimum Gasteiger partial charge on any atom is -0.347 e. The topological polar surface area (TPSA) is 71.1 Å². The first-order valence-corrected chi connectivity index (χ1v) is 8.97. The van der Waals surface area contributed by atoms with Crippen LogP contribution in [0.4, 0.5) is 5.69 Å². The molecule has 0 bridgehead atoms. The second kappa shape index (κ2) is 6.96. The largest absolute Gasteiger partial charge is 0.347 e. The summed E-state index contributed by atoms with van der Waals surface area (Å²) in [5.74, 6) is -0.331. The van der Waals surface area contributed by atoms with Crippen molar-refractivity contribution in [1.82, 2.24) is 10.3 Å². The molecule has 5 nitrogen and oxygen atoms in total. The van der Waals surface area contributed by atoms with Gasteiger partial charge in [-0.05, 0) is 45.0 Å². The van der Waals surface area contributed by atoms with Crippen LogP contribution < -0.4 is 10.6 Å². The Balaban J connectivity index is 2.05. The molecule has 134 valence electrons. The molecular formula is C19H25N3O2S. The van der Waals surface area contributed by atoms with Crippen molar-refractivity contribution in [2.75, 3.05) is 5.32 Å². The van der Waals surface area contributed by atoms with Gasteiger partial charge >= 0.3 is 0 Å². The van der Waals surface area contributed by atoms with E-state index in [1.54, 1.807) is 30.5 Å². The van der Waals surface area contributed by atoms with Crippen LogP contribution in [0.5, 0.6) is 0 Å². The minimum absolute atomic E-state index is 0.0781. The fraction of sp³-hybridized carbons (Fsp3) is 0.421. The molecule has 1 aromatic carbocycles. The van der Waals surface area contributed by atoms with Gasteiger partial charge < -0.3 is 10.6 Å². The maximum Gasteiger partial charge on any atom is 0.267 e. The number of amides is 2. The van der Waals surface area contributed by atoms with Crippen molar-refractivity contribution in [3.8, 4) is 0 Å². The Morgan fingerprint density at radius 3 is 2.04 bits per heavy atom. The first kappa shape index (κ1) is 19.1. The Hall–Kier alpha value is -2.21. The summed E-state index contributed by atoms with van der Waals surface area (Å²) in [4.78, 5) is 29.3. The van der Waals surface area contributed by atoms with Crippen LogP contribution in [0.2, 0.25) is 0 Å². The smallest absolute Gasteiger partial charge is 0.267 e. The van der Waals surface area contributed by atoms with E-state index in [4.69, 9.17) is 0 Å². The molecule has 0 radical (unpaired) electrons. The third kappa shape index (κ3) is 5.39. The van der Waals surface area contributed by atoms with E-state index in [-0.39, 0.29) is 22.8 Å². The van der Waals surface area contributed by atoms with Crippen molar-refractivity contribution in [3.63, 3.8) is 0 Å². The Morgan fingerprint density at radius 1 is 0.960 bits per heavy atom. The summed E-state index contributed by atoms with van der Waals surface area (Å²) in [5.41, 5.74) is 0.829.